The van der Waals surface area contributed by atoms with Crippen LogP contribution in [0.4, 0.5) is 0 Å². The molecule has 1 fully saturated rings. The normalized spacial score (nSPS) is 16.7. The van der Waals surface area contributed by atoms with Crippen LogP contribution >= 0.6 is 0 Å². The lowest BCUT2D eigenvalue weighted by Gasteiger charge is -2.14. The molecule has 1 N–H and O–H groups in total. The summed E-state index contributed by atoms with van der Waals surface area (Å²) in [6.07, 6.45) is 0.485. The summed E-state index contributed by atoms with van der Waals surface area (Å²) in [5.41, 5.74) is 1.01. The van der Waals surface area contributed by atoms with Gasteiger partial charge < -0.3 is 5.21 Å². The third-order valence-electron chi connectivity index (χ3n) is 2.69. The van der Waals surface area contributed by atoms with Gasteiger partial charge in [-0.05, 0) is 0 Å². The van der Waals surface area contributed by atoms with E-state index in [1.807, 2.05) is 6.07 Å². The number of amides is 2. The largest absolute Gasteiger partial charge is 0.411 e. The molecule has 0 radical (unpaired) electrons. The molecule has 1 aliphatic rings. The molecule has 2 rings (SSSR count). The van der Waals surface area contributed by atoms with Crippen LogP contribution in [0, 0.1) is 0 Å². The molecule has 17 heavy (non-hydrogen) atoms. The van der Waals surface area contributed by atoms with Crippen molar-refractivity contribution in [3.05, 3.63) is 35.9 Å². The van der Waals surface area contributed by atoms with Gasteiger partial charge in [-0.2, -0.15) is 0 Å². The van der Waals surface area contributed by atoms with Crippen molar-refractivity contribution in [2.24, 2.45) is 5.16 Å². The van der Waals surface area contributed by atoms with Crippen LogP contribution in [0.5, 0.6) is 0 Å². The van der Waals surface area contributed by atoms with Gasteiger partial charge in [0.25, 0.3) is 0 Å². The van der Waals surface area contributed by atoms with Gasteiger partial charge in [0, 0.05) is 18.4 Å². The molecule has 2 amide bonds. The number of imide groups is 1. The van der Waals surface area contributed by atoms with Crippen LogP contribution in [0.1, 0.15) is 18.4 Å². The summed E-state index contributed by atoms with van der Waals surface area (Å²) in [5.74, 6) is -0.431. The third-order valence-corrected chi connectivity index (χ3v) is 2.69. The maximum atomic E-state index is 11.4. The Labute approximate surface area is 98.3 Å². The Morgan fingerprint density at radius 1 is 1.18 bits per heavy atom. The average molecular weight is 232 g/mol. The summed E-state index contributed by atoms with van der Waals surface area (Å²) in [4.78, 5) is 24.0. The van der Waals surface area contributed by atoms with Crippen molar-refractivity contribution < 1.29 is 14.8 Å². The Morgan fingerprint density at radius 3 is 2.29 bits per heavy atom. The van der Waals surface area contributed by atoms with Gasteiger partial charge in [-0.1, -0.05) is 35.5 Å². The van der Waals surface area contributed by atoms with Crippen molar-refractivity contribution in [3.8, 4) is 0 Å². The number of carbonyl (C=O) groups excluding carboxylic acids is 2. The molecular weight excluding hydrogens is 220 g/mol. The Balaban J connectivity index is 2.17. The van der Waals surface area contributed by atoms with Crippen LogP contribution in [0.15, 0.2) is 35.5 Å². The molecule has 1 saturated heterocycles. The van der Waals surface area contributed by atoms with Gasteiger partial charge in [-0.25, -0.2) is 0 Å². The zero-order valence-electron chi connectivity index (χ0n) is 9.17. The molecule has 0 aromatic heterocycles. The number of rotatable bonds is 3. The molecule has 1 aliphatic heterocycles. The lowest BCUT2D eigenvalue weighted by atomic mass is 10.1. The molecule has 0 unspecified atom stereocenters. The average Bonchev–Trinajstić information content (AvgIpc) is 2.68. The Bertz CT molecular complexity index is 452. The van der Waals surface area contributed by atoms with Gasteiger partial charge in [0.1, 0.15) is 5.71 Å². The number of hydrogen-bond donors (Lipinski definition) is 1. The van der Waals surface area contributed by atoms with Crippen LogP contribution in [-0.2, 0) is 9.59 Å². The second kappa shape index (κ2) is 4.78. The van der Waals surface area contributed by atoms with Gasteiger partial charge in [-0.3, -0.25) is 14.5 Å². The van der Waals surface area contributed by atoms with Gasteiger partial charge >= 0.3 is 0 Å². The van der Waals surface area contributed by atoms with Crippen molar-refractivity contribution in [1.82, 2.24) is 4.90 Å². The molecule has 0 saturated carbocycles. The quantitative estimate of drug-likeness (QED) is 0.366. The number of carbonyl (C=O) groups is 2. The van der Waals surface area contributed by atoms with Gasteiger partial charge in [0.15, 0.2) is 0 Å². The predicted molar refractivity (Wildman–Crippen MR) is 60.7 cm³/mol. The van der Waals surface area contributed by atoms with Crippen LogP contribution in [-0.4, -0.2) is 34.2 Å². The summed E-state index contributed by atoms with van der Waals surface area (Å²) in [7, 11) is 0. The summed E-state index contributed by atoms with van der Waals surface area (Å²) in [6, 6.07) is 8.97. The van der Waals surface area contributed by atoms with E-state index in [1.54, 1.807) is 24.3 Å². The first kappa shape index (κ1) is 11.3. The van der Waals surface area contributed by atoms with E-state index in [4.69, 9.17) is 5.21 Å². The number of oxime groups is 1. The number of hydrogen-bond acceptors (Lipinski definition) is 4. The zero-order chi connectivity index (χ0) is 12.3. The molecule has 88 valence electrons. The van der Waals surface area contributed by atoms with Gasteiger partial charge in [0.05, 0.1) is 6.54 Å². The Hall–Kier alpha value is -2.17. The van der Waals surface area contributed by atoms with Crippen molar-refractivity contribution in [1.29, 1.82) is 0 Å². The molecule has 5 nitrogen and oxygen atoms in total. The molecule has 0 atom stereocenters. The monoisotopic (exact) mass is 232 g/mol. The molecule has 1 aromatic carbocycles. The lowest BCUT2D eigenvalue weighted by molar-refractivity contribution is -0.137. The first-order valence-corrected chi connectivity index (χ1v) is 5.32. The molecule has 1 aromatic rings. The van der Waals surface area contributed by atoms with E-state index in [1.165, 1.54) is 0 Å². The minimum Gasteiger partial charge on any atom is -0.411 e. The first-order chi connectivity index (χ1) is 8.22. The van der Waals surface area contributed by atoms with Crippen molar-refractivity contribution in [3.63, 3.8) is 0 Å². The highest BCUT2D eigenvalue weighted by atomic mass is 16.4. The highest BCUT2D eigenvalue weighted by molar-refractivity contribution is 6.09. The van der Waals surface area contributed by atoms with E-state index in [-0.39, 0.29) is 31.2 Å². The topological polar surface area (TPSA) is 70.0 Å². The smallest absolute Gasteiger partial charge is 0.230 e. The molecule has 1 heterocycles. The molecule has 0 aliphatic carbocycles. The highest BCUT2D eigenvalue weighted by Gasteiger charge is 2.30. The predicted octanol–water partition coefficient (Wildman–Crippen LogP) is 1.01. The summed E-state index contributed by atoms with van der Waals surface area (Å²) < 4.78 is 0. The zero-order valence-corrected chi connectivity index (χ0v) is 9.17. The molecule has 0 bridgehead atoms. The lowest BCUT2D eigenvalue weighted by Crippen LogP contribution is -2.34. The van der Waals surface area contributed by atoms with Crippen LogP contribution < -0.4 is 0 Å². The fourth-order valence-corrected chi connectivity index (χ4v) is 1.76. The van der Waals surface area contributed by atoms with Gasteiger partial charge in [-0.15, -0.1) is 0 Å². The minimum absolute atomic E-state index is 0.0260. The second-order valence-corrected chi connectivity index (χ2v) is 3.79. The van der Waals surface area contributed by atoms with E-state index in [9.17, 15) is 9.59 Å². The molecule has 5 heteroatoms. The third kappa shape index (κ3) is 2.33. The summed E-state index contributed by atoms with van der Waals surface area (Å²) in [5, 5.41) is 12.1. The van der Waals surface area contributed by atoms with E-state index >= 15 is 0 Å². The maximum absolute atomic E-state index is 11.4. The SMILES string of the molecule is O=C1CCC(=O)N1C/C(=N\O)c1ccccc1. The summed E-state index contributed by atoms with van der Waals surface area (Å²) in [6.45, 7) is 0.0260. The van der Waals surface area contributed by atoms with Crippen molar-refractivity contribution >= 4 is 17.5 Å². The second-order valence-electron chi connectivity index (χ2n) is 3.79. The number of nitrogens with zero attached hydrogens (tertiary/aromatic N) is 2. The van der Waals surface area contributed by atoms with E-state index < -0.39 is 0 Å². The maximum Gasteiger partial charge on any atom is 0.230 e. The minimum atomic E-state index is -0.216. The number of likely N-dealkylation sites (tertiary alicyclic amines) is 1. The van der Waals surface area contributed by atoms with Crippen molar-refractivity contribution in [2.45, 2.75) is 12.8 Å². The van der Waals surface area contributed by atoms with E-state index in [0.29, 0.717) is 11.3 Å². The standard InChI is InChI=1S/C12H12N2O3/c15-11-6-7-12(16)14(11)8-10(13-17)9-4-2-1-3-5-9/h1-5,17H,6-8H2/b13-10+. The fraction of sp³-hybridized carbons (Fsp3) is 0.250. The Morgan fingerprint density at radius 2 is 1.76 bits per heavy atom. The fourth-order valence-electron chi connectivity index (χ4n) is 1.76. The van der Waals surface area contributed by atoms with E-state index in [2.05, 4.69) is 5.16 Å². The molecule has 0 spiro atoms. The van der Waals surface area contributed by atoms with Crippen LogP contribution in [0.2, 0.25) is 0 Å². The van der Waals surface area contributed by atoms with E-state index in [0.717, 1.165) is 4.90 Å². The highest BCUT2D eigenvalue weighted by Crippen LogP contribution is 2.13. The van der Waals surface area contributed by atoms with Gasteiger partial charge in [0.2, 0.25) is 11.8 Å². The van der Waals surface area contributed by atoms with Crippen LogP contribution in [0.3, 0.4) is 0 Å². The Kier molecular flexibility index (Phi) is 3.18. The van der Waals surface area contributed by atoms with Crippen LogP contribution in [0.25, 0.3) is 0 Å². The molecular formula is C12H12N2O3. The first-order valence-electron chi connectivity index (χ1n) is 5.32. The summed E-state index contributed by atoms with van der Waals surface area (Å²) >= 11 is 0. The van der Waals surface area contributed by atoms with Crippen molar-refractivity contribution in [2.75, 3.05) is 6.54 Å². The number of benzene rings is 1.